The van der Waals surface area contributed by atoms with E-state index in [0.29, 0.717) is 0 Å². The highest BCUT2D eigenvalue weighted by molar-refractivity contribution is 9.10. The highest BCUT2D eigenvalue weighted by atomic mass is 79.9. The molecule has 16 heavy (non-hydrogen) atoms. The third kappa shape index (κ3) is 2.55. The summed E-state index contributed by atoms with van der Waals surface area (Å²) >= 11 is 3.46. The molecule has 0 atom stereocenters. The van der Waals surface area contributed by atoms with Crippen LogP contribution in [0.3, 0.4) is 0 Å². The van der Waals surface area contributed by atoms with Gasteiger partial charge in [-0.05, 0) is 64.9 Å². The van der Waals surface area contributed by atoms with E-state index in [9.17, 15) is 4.79 Å². The van der Waals surface area contributed by atoms with Gasteiger partial charge in [-0.2, -0.15) is 0 Å². The van der Waals surface area contributed by atoms with E-state index in [1.165, 1.54) is 17.7 Å². The van der Waals surface area contributed by atoms with E-state index in [0.717, 1.165) is 15.9 Å². The van der Waals surface area contributed by atoms with E-state index in [1.807, 2.05) is 25.1 Å². The molecule has 0 amide bonds. The van der Waals surface area contributed by atoms with Gasteiger partial charge < -0.3 is 0 Å². The molecule has 80 valence electrons. The molecule has 0 bridgehead atoms. The predicted molar refractivity (Wildman–Crippen MR) is 69.3 cm³/mol. The number of allylic oxidation sites excluding steroid dienone is 4. The topological polar surface area (TPSA) is 29.4 Å². The van der Waals surface area contributed by atoms with Gasteiger partial charge in [0.25, 0.3) is 0 Å². The van der Waals surface area contributed by atoms with E-state index >= 15 is 0 Å². The van der Waals surface area contributed by atoms with Gasteiger partial charge in [0.15, 0.2) is 5.78 Å². The van der Waals surface area contributed by atoms with Crippen molar-refractivity contribution < 1.29 is 4.79 Å². The number of hydrogen-bond donors (Lipinski definition) is 0. The Balaban J connectivity index is 2.33. The summed E-state index contributed by atoms with van der Waals surface area (Å²) in [6.07, 6.45) is 6.46. The average molecular weight is 276 g/mol. The zero-order chi connectivity index (χ0) is 11.5. The van der Waals surface area contributed by atoms with E-state index in [-0.39, 0.29) is 5.78 Å². The number of carbonyl (C=O) groups is 1. The second kappa shape index (κ2) is 4.58. The number of aryl methyl sites for hydroxylation is 1. The molecule has 1 aliphatic rings. The van der Waals surface area contributed by atoms with Gasteiger partial charge in [0, 0.05) is 4.47 Å². The number of aliphatic imine (C=N–C) groups is 1. The van der Waals surface area contributed by atoms with Crippen LogP contribution in [0, 0.1) is 6.92 Å². The molecule has 0 saturated heterocycles. The number of carbonyl (C=O) groups excluding carboxylic acids is 1. The van der Waals surface area contributed by atoms with E-state index in [1.54, 1.807) is 12.2 Å². The fourth-order valence-electron chi connectivity index (χ4n) is 1.36. The van der Waals surface area contributed by atoms with Crippen LogP contribution in [-0.2, 0) is 4.79 Å². The number of nitrogens with zero attached hydrogens (tertiary/aromatic N) is 1. The molecule has 1 aromatic carbocycles. The summed E-state index contributed by atoms with van der Waals surface area (Å²) in [6, 6.07) is 5.97. The second-order valence-corrected chi connectivity index (χ2v) is 4.41. The maximum absolute atomic E-state index is 10.9. The van der Waals surface area contributed by atoms with Crippen LogP contribution in [0.4, 0.5) is 5.69 Å². The van der Waals surface area contributed by atoms with Crippen LogP contribution < -0.4 is 0 Å². The SMILES string of the molecule is Cc1ccc(N=C2C=CC(=O)C=C2)c(Br)c1. The third-order valence-corrected chi connectivity index (χ3v) is 2.82. The summed E-state index contributed by atoms with van der Waals surface area (Å²) in [6.45, 7) is 2.03. The largest absolute Gasteiger partial charge is 0.290 e. The van der Waals surface area contributed by atoms with Crippen LogP contribution in [-0.4, -0.2) is 11.5 Å². The first-order chi connectivity index (χ1) is 7.65. The Morgan fingerprint density at radius 3 is 2.44 bits per heavy atom. The highest BCUT2D eigenvalue weighted by Gasteiger charge is 2.02. The third-order valence-electron chi connectivity index (χ3n) is 2.19. The van der Waals surface area contributed by atoms with Crippen molar-refractivity contribution in [1.29, 1.82) is 0 Å². The minimum absolute atomic E-state index is 0.00178. The summed E-state index contributed by atoms with van der Waals surface area (Å²) < 4.78 is 0.957. The highest BCUT2D eigenvalue weighted by Crippen LogP contribution is 2.26. The van der Waals surface area contributed by atoms with Crippen molar-refractivity contribution in [3.05, 3.63) is 52.5 Å². The van der Waals surface area contributed by atoms with E-state index in [4.69, 9.17) is 0 Å². The molecule has 1 aliphatic carbocycles. The number of rotatable bonds is 1. The molecular formula is C13H10BrNO. The first kappa shape index (κ1) is 11.0. The Kier molecular flexibility index (Phi) is 3.15. The summed E-state index contributed by atoms with van der Waals surface area (Å²) in [4.78, 5) is 15.4. The van der Waals surface area contributed by atoms with Gasteiger partial charge in [-0.3, -0.25) is 4.79 Å². The summed E-state index contributed by atoms with van der Waals surface area (Å²) in [7, 11) is 0. The van der Waals surface area contributed by atoms with Crippen molar-refractivity contribution in [3.8, 4) is 0 Å². The maximum Gasteiger partial charge on any atom is 0.178 e. The number of hydrogen-bond acceptors (Lipinski definition) is 2. The number of halogens is 1. The molecular weight excluding hydrogens is 266 g/mol. The Morgan fingerprint density at radius 1 is 1.12 bits per heavy atom. The van der Waals surface area contributed by atoms with Crippen molar-refractivity contribution in [2.24, 2.45) is 4.99 Å². The van der Waals surface area contributed by atoms with Gasteiger partial charge >= 0.3 is 0 Å². The van der Waals surface area contributed by atoms with Crippen molar-refractivity contribution in [2.45, 2.75) is 6.92 Å². The summed E-state index contributed by atoms with van der Waals surface area (Å²) in [5.74, 6) is 0.00178. The second-order valence-electron chi connectivity index (χ2n) is 3.56. The Hall–Kier alpha value is -1.48. The zero-order valence-corrected chi connectivity index (χ0v) is 10.4. The average Bonchev–Trinajstić information content (AvgIpc) is 2.25. The number of benzene rings is 1. The molecule has 2 nitrogen and oxygen atoms in total. The lowest BCUT2D eigenvalue weighted by molar-refractivity contribution is -0.110. The van der Waals surface area contributed by atoms with Crippen LogP contribution in [0.1, 0.15) is 5.56 Å². The van der Waals surface area contributed by atoms with Gasteiger partial charge in [0.1, 0.15) is 0 Å². The lowest BCUT2D eigenvalue weighted by Gasteiger charge is -2.02. The fourth-order valence-corrected chi connectivity index (χ4v) is 1.94. The Labute approximate surface area is 103 Å². The predicted octanol–water partition coefficient (Wildman–Crippen LogP) is 3.53. The molecule has 0 saturated carbocycles. The van der Waals surface area contributed by atoms with E-state index < -0.39 is 0 Å². The lowest BCUT2D eigenvalue weighted by Crippen LogP contribution is -1.98. The number of ketones is 1. The van der Waals surface area contributed by atoms with Gasteiger partial charge in [0.05, 0.1) is 11.4 Å². The molecule has 0 N–H and O–H groups in total. The smallest absolute Gasteiger partial charge is 0.178 e. The minimum atomic E-state index is 0.00178. The molecule has 3 heteroatoms. The summed E-state index contributed by atoms with van der Waals surface area (Å²) in [5, 5.41) is 0. The van der Waals surface area contributed by atoms with Crippen LogP contribution in [0.2, 0.25) is 0 Å². The van der Waals surface area contributed by atoms with Crippen molar-refractivity contribution in [1.82, 2.24) is 0 Å². The maximum atomic E-state index is 10.9. The normalized spacial score (nSPS) is 14.4. The van der Waals surface area contributed by atoms with Gasteiger partial charge in [-0.25, -0.2) is 4.99 Å². The molecule has 0 fully saturated rings. The van der Waals surface area contributed by atoms with Crippen molar-refractivity contribution in [3.63, 3.8) is 0 Å². The summed E-state index contributed by atoms with van der Waals surface area (Å²) in [5.41, 5.74) is 2.83. The molecule has 0 radical (unpaired) electrons. The van der Waals surface area contributed by atoms with Crippen molar-refractivity contribution in [2.75, 3.05) is 0 Å². The molecule has 0 aromatic heterocycles. The molecule has 0 spiro atoms. The fraction of sp³-hybridized carbons (Fsp3) is 0.0769. The van der Waals surface area contributed by atoms with Crippen LogP contribution in [0.15, 0.2) is 52.0 Å². The lowest BCUT2D eigenvalue weighted by atomic mass is 10.1. The molecule has 1 aromatic rings. The van der Waals surface area contributed by atoms with Crippen molar-refractivity contribution >= 4 is 33.1 Å². The zero-order valence-electron chi connectivity index (χ0n) is 8.77. The monoisotopic (exact) mass is 275 g/mol. The van der Waals surface area contributed by atoms with Crippen LogP contribution in [0.25, 0.3) is 0 Å². The first-order valence-corrected chi connectivity index (χ1v) is 5.69. The minimum Gasteiger partial charge on any atom is -0.290 e. The quantitative estimate of drug-likeness (QED) is 0.721. The van der Waals surface area contributed by atoms with Crippen LogP contribution >= 0.6 is 15.9 Å². The van der Waals surface area contributed by atoms with Gasteiger partial charge in [0.2, 0.25) is 0 Å². The standard InChI is InChI=1S/C13H10BrNO/c1-9-2-7-13(12(14)8-9)15-10-3-5-11(16)6-4-10/h2-8H,1H3. The Morgan fingerprint density at radius 2 is 1.81 bits per heavy atom. The van der Waals surface area contributed by atoms with Gasteiger partial charge in [-0.1, -0.05) is 6.07 Å². The molecule has 0 aliphatic heterocycles. The molecule has 0 unspecified atom stereocenters. The first-order valence-electron chi connectivity index (χ1n) is 4.90. The molecule has 0 heterocycles. The van der Waals surface area contributed by atoms with Gasteiger partial charge in [-0.15, -0.1) is 0 Å². The van der Waals surface area contributed by atoms with Crippen LogP contribution in [0.5, 0.6) is 0 Å². The van der Waals surface area contributed by atoms with E-state index in [2.05, 4.69) is 20.9 Å². The molecule has 2 rings (SSSR count). The Bertz CT molecular complexity index is 509.